The molecule has 1 heterocycles. The maximum absolute atomic E-state index is 5.98. The van der Waals surface area contributed by atoms with Crippen LogP contribution < -0.4 is 5.32 Å². The molecular weight excluding hydrogens is 250 g/mol. The SMILES string of the molecule is CCNC(c1ccc(C)c(C)c1)C1(OC)CCOCC1. The van der Waals surface area contributed by atoms with E-state index < -0.39 is 0 Å². The molecule has 1 aliphatic rings. The molecule has 20 heavy (non-hydrogen) atoms. The van der Waals surface area contributed by atoms with Gasteiger partial charge in [0.2, 0.25) is 0 Å². The van der Waals surface area contributed by atoms with Crippen molar-refractivity contribution in [3.05, 3.63) is 34.9 Å². The quantitative estimate of drug-likeness (QED) is 0.897. The van der Waals surface area contributed by atoms with Gasteiger partial charge < -0.3 is 14.8 Å². The van der Waals surface area contributed by atoms with E-state index in [4.69, 9.17) is 9.47 Å². The number of hydrogen-bond acceptors (Lipinski definition) is 3. The lowest BCUT2D eigenvalue weighted by Crippen LogP contribution is -2.49. The molecule has 1 atom stereocenters. The normalized spacial score (nSPS) is 19.8. The molecule has 1 aromatic rings. The molecule has 3 nitrogen and oxygen atoms in total. The summed E-state index contributed by atoms with van der Waals surface area (Å²) in [5, 5.41) is 3.63. The highest BCUT2D eigenvalue weighted by Crippen LogP contribution is 2.37. The van der Waals surface area contributed by atoms with Gasteiger partial charge in [0.15, 0.2) is 0 Å². The Morgan fingerprint density at radius 3 is 2.50 bits per heavy atom. The van der Waals surface area contributed by atoms with Crippen molar-refractivity contribution in [2.24, 2.45) is 0 Å². The Morgan fingerprint density at radius 2 is 1.95 bits per heavy atom. The molecule has 1 aliphatic heterocycles. The third-order valence-electron chi connectivity index (χ3n) is 4.54. The zero-order valence-corrected chi connectivity index (χ0v) is 13.2. The summed E-state index contributed by atoms with van der Waals surface area (Å²) in [4.78, 5) is 0. The summed E-state index contributed by atoms with van der Waals surface area (Å²) in [6, 6.07) is 6.95. The van der Waals surface area contributed by atoms with Crippen LogP contribution >= 0.6 is 0 Å². The van der Waals surface area contributed by atoms with Gasteiger partial charge in [-0.05, 0) is 37.1 Å². The second-order valence-corrected chi connectivity index (χ2v) is 5.72. The van der Waals surface area contributed by atoms with Crippen molar-refractivity contribution in [1.29, 1.82) is 0 Å². The lowest BCUT2D eigenvalue weighted by Gasteiger charge is -2.43. The number of hydrogen-bond donors (Lipinski definition) is 1. The fourth-order valence-corrected chi connectivity index (χ4v) is 3.08. The molecular formula is C17H27NO2. The van der Waals surface area contributed by atoms with Gasteiger partial charge in [-0.25, -0.2) is 0 Å². The molecule has 3 heteroatoms. The summed E-state index contributed by atoms with van der Waals surface area (Å²) < 4.78 is 11.5. The van der Waals surface area contributed by atoms with E-state index in [1.165, 1.54) is 16.7 Å². The number of aryl methyl sites for hydroxylation is 2. The van der Waals surface area contributed by atoms with Crippen LogP contribution in [0.15, 0.2) is 18.2 Å². The first-order valence-corrected chi connectivity index (χ1v) is 7.56. The fraction of sp³-hybridized carbons (Fsp3) is 0.647. The number of likely N-dealkylation sites (N-methyl/N-ethyl adjacent to an activating group) is 1. The average Bonchev–Trinajstić information content (AvgIpc) is 2.48. The lowest BCUT2D eigenvalue weighted by molar-refractivity contribution is -0.111. The molecule has 0 saturated carbocycles. The monoisotopic (exact) mass is 277 g/mol. The predicted octanol–water partition coefficient (Wildman–Crippen LogP) is 3.15. The number of methoxy groups -OCH3 is 1. The third-order valence-corrected chi connectivity index (χ3v) is 4.54. The van der Waals surface area contributed by atoms with Crippen LogP contribution in [-0.4, -0.2) is 32.5 Å². The van der Waals surface area contributed by atoms with Crippen LogP contribution in [0.25, 0.3) is 0 Å². The van der Waals surface area contributed by atoms with E-state index >= 15 is 0 Å². The summed E-state index contributed by atoms with van der Waals surface area (Å²) in [6.07, 6.45) is 1.88. The van der Waals surface area contributed by atoms with E-state index in [0.717, 1.165) is 32.6 Å². The Balaban J connectivity index is 2.35. The second kappa shape index (κ2) is 6.70. The van der Waals surface area contributed by atoms with Gasteiger partial charge in [0.1, 0.15) is 0 Å². The van der Waals surface area contributed by atoms with Crippen molar-refractivity contribution >= 4 is 0 Å². The standard InChI is InChI=1S/C17H27NO2/c1-5-18-16(15-7-6-13(2)14(3)12-15)17(19-4)8-10-20-11-9-17/h6-7,12,16,18H,5,8-11H2,1-4H3. The van der Waals surface area contributed by atoms with E-state index in [1.807, 2.05) is 7.11 Å². The zero-order chi connectivity index (χ0) is 14.6. The highest BCUT2D eigenvalue weighted by molar-refractivity contribution is 5.33. The topological polar surface area (TPSA) is 30.5 Å². The molecule has 0 radical (unpaired) electrons. The number of benzene rings is 1. The summed E-state index contributed by atoms with van der Waals surface area (Å²) >= 11 is 0. The Kier molecular flexibility index (Phi) is 5.19. The molecule has 0 aliphatic carbocycles. The first kappa shape index (κ1) is 15.5. The summed E-state index contributed by atoms with van der Waals surface area (Å²) in [5.41, 5.74) is 3.83. The van der Waals surface area contributed by atoms with Gasteiger partial charge >= 0.3 is 0 Å². The van der Waals surface area contributed by atoms with Crippen molar-refractivity contribution in [2.45, 2.75) is 45.3 Å². The fourth-order valence-electron chi connectivity index (χ4n) is 3.08. The van der Waals surface area contributed by atoms with Crippen LogP contribution in [0.5, 0.6) is 0 Å². The minimum atomic E-state index is -0.157. The highest BCUT2D eigenvalue weighted by atomic mass is 16.5. The van der Waals surface area contributed by atoms with Gasteiger partial charge in [-0.2, -0.15) is 0 Å². The Morgan fingerprint density at radius 1 is 1.25 bits per heavy atom. The minimum absolute atomic E-state index is 0.157. The summed E-state index contributed by atoms with van der Waals surface area (Å²) in [7, 11) is 1.83. The molecule has 0 bridgehead atoms. The summed E-state index contributed by atoms with van der Waals surface area (Å²) in [6.45, 7) is 8.97. The number of rotatable bonds is 5. The van der Waals surface area contributed by atoms with Crippen molar-refractivity contribution in [3.63, 3.8) is 0 Å². The van der Waals surface area contributed by atoms with E-state index in [0.29, 0.717) is 0 Å². The molecule has 1 unspecified atom stereocenters. The van der Waals surface area contributed by atoms with Crippen LogP contribution in [0.2, 0.25) is 0 Å². The van der Waals surface area contributed by atoms with E-state index in [1.54, 1.807) is 0 Å². The Hall–Kier alpha value is -0.900. The minimum Gasteiger partial charge on any atom is -0.381 e. The van der Waals surface area contributed by atoms with Gasteiger partial charge in [-0.1, -0.05) is 25.1 Å². The number of nitrogens with one attached hydrogen (secondary N) is 1. The van der Waals surface area contributed by atoms with Crippen molar-refractivity contribution in [2.75, 3.05) is 26.9 Å². The molecule has 2 rings (SSSR count). The molecule has 0 aromatic heterocycles. The van der Waals surface area contributed by atoms with Crippen molar-refractivity contribution in [1.82, 2.24) is 5.32 Å². The van der Waals surface area contributed by atoms with Gasteiger partial charge in [0.05, 0.1) is 11.6 Å². The molecule has 0 spiro atoms. The average molecular weight is 277 g/mol. The Bertz CT molecular complexity index is 439. The van der Waals surface area contributed by atoms with Crippen LogP contribution in [0.3, 0.4) is 0 Å². The van der Waals surface area contributed by atoms with Crippen LogP contribution in [-0.2, 0) is 9.47 Å². The van der Waals surface area contributed by atoms with E-state index in [2.05, 4.69) is 44.3 Å². The Labute approximate surface area is 122 Å². The molecule has 112 valence electrons. The van der Waals surface area contributed by atoms with Crippen LogP contribution in [0, 0.1) is 13.8 Å². The molecule has 1 N–H and O–H groups in total. The maximum Gasteiger partial charge on any atom is 0.0916 e. The van der Waals surface area contributed by atoms with Gasteiger partial charge in [-0.3, -0.25) is 0 Å². The van der Waals surface area contributed by atoms with E-state index in [-0.39, 0.29) is 11.6 Å². The first-order valence-electron chi connectivity index (χ1n) is 7.56. The maximum atomic E-state index is 5.98. The van der Waals surface area contributed by atoms with Crippen LogP contribution in [0.4, 0.5) is 0 Å². The van der Waals surface area contributed by atoms with Gasteiger partial charge in [0.25, 0.3) is 0 Å². The molecule has 1 saturated heterocycles. The van der Waals surface area contributed by atoms with Crippen molar-refractivity contribution < 1.29 is 9.47 Å². The largest absolute Gasteiger partial charge is 0.381 e. The lowest BCUT2D eigenvalue weighted by atomic mass is 9.81. The van der Waals surface area contributed by atoms with Crippen molar-refractivity contribution in [3.8, 4) is 0 Å². The van der Waals surface area contributed by atoms with E-state index in [9.17, 15) is 0 Å². The molecule has 0 amide bonds. The zero-order valence-electron chi connectivity index (χ0n) is 13.2. The molecule has 1 aromatic carbocycles. The van der Waals surface area contributed by atoms with Gasteiger partial charge in [0, 0.05) is 33.2 Å². The second-order valence-electron chi connectivity index (χ2n) is 5.72. The number of ether oxygens (including phenoxy) is 2. The predicted molar refractivity (Wildman–Crippen MR) is 82.1 cm³/mol. The van der Waals surface area contributed by atoms with Crippen LogP contribution in [0.1, 0.15) is 42.5 Å². The molecule has 1 fully saturated rings. The van der Waals surface area contributed by atoms with Gasteiger partial charge in [-0.15, -0.1) is 0 Å². The first-order chi connectivity index (χ1) is 9.63. The highest BCUT2D eigenvalue weighted by Gasteiger charge is 2.41. The third kappa shape index (κ3) is 3.05. The summed E-state index contributed by atoms with van der Waals surface area (Å²) in [5.74, 6) is 0. The smallest absolute Gasteiger partial charge is 0.0916 e.